The largest absolute Gasteiger partial charge is 0.481 e. The topological polar surface area (TPSA) is 194 Å². The number of esters is 1. The minimum atomic E-state index is -4.84. The van der Waals surface area contributed by atoms with Crippen LogP contribution in [0.15, 0.2) is 17.2 Å². The second kappa shape index (κ2) is 17.1. The molecule has 0 unspecified atom stereocenters. The average molecular weight is 1020 g/mol. The summed E-state index contributed by atoms with van der Waals surface area (Å²) in [5.41, 5.74) is -3.62. The second-order valence-corrected chi connectivity index (χ2v) is 27.8. The maximum absolute atomic E-state index is 15.0. The van der Waals surface area contributed by atoms with Gasteiger partial charge in [0.1, 0.15) is 17.3 Å². The average Bonchev–Trinajstić information content (AvgIpc) is 3.81. The molecule has 3 N–H and O–H groups in total. The molecule has 394 valence electrons. The van der Waals surface area contributed by atoms with Gasteiger partial charge in [0.05, 0.1) is 35.4 Å². The van der Waals surface area contributed by atoms with Crippen molar-refractivity contribution in [1.29, 1.82) is 0 Å². The van der Waals surface area contributed by atoms with Crippen molar-refractivity contribution < 1.29 is 55.4 Å². The van der Waals surface area contributed by atoms with Crippen molar-refractivity contribution in [3.63, 3.8) is 0 Å². The molecule has 0 radical (unpaired) electrons. The molecule has 0 spiro atoms. The molecule has 71 heavy (non-hydrogen) atoms. The number of aliphatic carboxylic acids is 1. The lowest BCUT2D eigenvalue weighted by molar-refractivity contribution is -0.235. The van der Waals surface area contributed by atoms with Crippen molar-refractivity contribution in [3.8, 4) is 0 Å². The van der Waals surface area contributed by atoms with Crippen LogP contribution in [0.5, 0.6) is 0 Å². The van der Waals surface area contributed by atoms with E-state index in [1.807, 2.05) is 32.6 Å². The number of fused-ring (bicyclic) bond motifs is 7. The number of ether oxygens (including phenoxy) is 1. The molecule has 8 aliphatic rings. The van der Waals surface area contributed by atoms with Crippen LogP contribution in [0.3, 0.4) is 0 Å². The maximum Gasteiger partial charge on any atom is 0.435 e. The number of Topliss-reactive ketones (excluding diaryl/α,β-unsaturated/α-hetero) is 1. The van der Waals surface area contributed by atoms with Gasteiger partial charge in [-0.05, 0) is 134 Å². The van der Waals surface area contributed by atoms with E-state index in [9.17, 15) is 50.7 Å². The van der Waals surface area contributed by atoms with Crippen LogP contribution in [-0.4, -0.2) is 106 Å². The fourth-order valence-electron chi connectivity index (χ4n) is 16.6. The predicted molar refractivity (Wildman–Crippen MR) is 257 cm³/mol. The fourth-order valence-corrected chi connectivity index (χ4v) is 17.9. The number of hydrogen-bond acceptors (Lipinski definition) is 10. The Bertz CT molecular complexity index is 2540. The first-order valence-corrected chi connectivity index (χ1v) is 28.1. The SMILES string of the molecule is CC(C)C1=C2[C@H]3CC[C@@H]4[C@@]5(C)CC[C@H](OC(=O)[C@H]6C[C@@H](C(=O)O)C6(C)C)C(C)(C)[C@@H]5CC[C@@]4(C)[C@]3(C)CC[C@@]2(NC(=O)C2(NC(=O)c3cc(C(F)(F)F)nn3CCN3CCS(=O)(=O)CC3)CCC2)CC1=O. The van der Waals surface area contributed by atoms with Crippen molar-refractivity contribution in [1.82, 2.24) is 25.3 Å². The number of aromatic nitrogens is 2. The molecule has 0 bridgehead atoms. The molecule has 9 rings (SSSR count). The van der Waals surface area contributed by atoms with Crippen molar-refractivity contribution in [2.24, 2.45) is 62.6 Å². The van der Waals surface area contributed by atoms with E-state index in [1.54, 1.807) is 0 Å². The van der Waals surface area contributed by atoms with Gasteiger partial charge < -0.3 is 20.5 Å². The van der Waals surface area contributed by atoms with Gasteiger partial charge in [-0.2, -0.15) is 18.3 Å². The molecule has 2 heterocycles. The highest BCUT2D eigenvalue weighted by Gasteiger charge is 2.71. The molecule has 7 aliphatic carbocycles. The third-order valence-electron chi connectivity index (χ3n) is 21.2. The number of alkyl halides is 3. The molecule has 1 saturated heterocycles. The fraction of sp³-hybridized carbons (Fsp3) is 0.811. The summed E-state index contributed by atoms with van der Waals surface area (Å²) < 4.78 is 73.6. The number of allylic oxidation sites excluding steroid dienone is 1. The summed E-state index contributed by atoms with van der Waals surface area (Å²) >= 11 is 0. The number of sulfone groups is 1. The number of nitrogens with one attached hydrogen (secondary N) is 2. The predicted octanol–water partition coefficient (Wildman–Crippen LogP) is 7.79. The van der Waals surface area contributed by atoms with Gasteiger partial charge >= 0.3 is 18.1 Å². The highest BCUT2D eigenvalue weighted by molar-refractivity contribution is 7.91. The summed E-state index contributed by atoms with van der Waals surface area (Å²) in [6, 6.07) is 0.703. The van der Waals surface area contributed by atoms with E-state index in [-0.39, 0.29) is 120 Å². The number of rotatable bonds is 11. The molecule has 0 aromatic carbocycles. The molecule has 1 aliphatic heterocycles. The first-order valence-electron chi connectivity index (χ1n) is 26.3. The van der Waals surface area contributed by atoms with Gasteiger partial charge in [0.2, 0.25) is 5.91 Å². The molecule has 18 heteroatoms. The molecule has 14 nitrogen and oxygen atoms in total. The molecule has 6 saturated carbocycles. The van der Waals surface area contributed by atoms with Crippen LogP contribution in [-0.2, 0) is 46.5 Å². The maximum atomic E-state index is 15.0. The van der Waals surface area contributed by atoms with E-state index < -0.39 is 67.8 Å². The Morgan fingerprint density at radius 1 is 0.845 bits per heavy atom. The van der Waals surface area contributed by atoms with E-state index in [0.29, 0.717) is 31.2 Å². The van der Waals surface area contributed by atoms with E-state index >= 15 is 0 Å². The van der Waals surface area contributed by atoms with Crippen LogP contribution >= 0.6 is 0 Å². The first kappa shape index (κ1) is 52.1. The van der Waals surface area contributed by atoms with E-state index in [1.165, 1.54) is 0 Å². The lowest BCUT2D eigenvalue weighted by Crippen LogP contribution is -2.70. The van der Waals surface area contributed by atoms with Crippen molar-refractivity contribution in [2.45, 2.75) is 176 Å². The van der Waals surface area contributed by atoms with E-state index in [0.717, 1.165) is 60.8 Å². The Labute approximate surface area is 416 Å². The Hall–Kier alpha value is -3.80. The van der Waals surface area contributed by atoms with Crippen LogP contribution in [0.4, 0.5) is 13.2 Å². The molecular formula is C53H76F3N5O9S. The summed E-state index contributed by atoms with van der Waals surface area (Å²) in [6.45, 7) is 20.1. The molecular weight excluding hydrogens is 940 g/mol. The molecule has 1 aromatic heterocycles. The van der Waals surface area contributed by atoms with E-state index in [4.69, 9.17) is 4.74 Å². The normalized spacial score (nSPS) is 37.8. The number of amides is 2. The van der Waals surface area contributed by atoms with Crippen molar-refractivity contribution >= 4 is 39.4 Å². The van der Waals surface area contributed by atoms with Crippen LogP contribution in [0.2, 0.25) is 0 Å². The summed E-state index contributed by atoms with van der Waals surface area (Å²) in [5, 5.41) is 19.8. The summed E-state index contributed by atoms with van der Waals surface area (Å²) in [7, 11) is -3.18. The monoisotopic (exact) mass is 1020 g/mol. The quantitative estimate of drug-likeness (QED) is 0.183. The minimum absolute atomic E-state index is 0.00496. The van der Waals surface area contributed by atoms with Gasteiger partial charge in [-0.3, -0.25) is 33.6 Å². The number of halogens is 3. The first-order chi connectivity index (χ1) is 32.9. The van der Waals surface area contributed by atoms with Crippen LogP contribution < -0.4 is 10.6 Å². The molecule has 1 aromatic rings. The molecule has 2 amide bonds. The number of carbonyl (C=O) groups is 5. The van der Waals surface area contributed by atoms with Gasteiger partial charge in [-0.1, -0.05) is 62.3 Å². The lowest BCUT2D eigenvalue weighted by Gasteiger charge is -2.72. The lowest BCUT2D eigenvalue weighted by atomic mass is 9.33. The van der Waals surface area contributed by atoms with Gasteiger partial charge in [0.15, 0.2) is 21.3 Å². The van der Waals surface area contributed by atoms with E-state index in [2.05, 4.69) is 50.4 Å². The van der Waals surface area contributed by atoms with Gasteiger partial charge in [0, 0.05) is 37.5 Å². The van der Waals surface area contributed by atoms with Crippen molar-refractivity contribution in [2.75, 3.05) is 31.1 Å². The van der Waals surface area contributed by atoms with Crippen LogP contribution in [0.25, 0.3) is 0 Å². The van der Waals surface area contributed by atoms with Gasteiger partial charge in [0.25, 0.3) is 5.91 Å². The zero-order chi connectivity index (χ0) is 51.9. The number of carbonyl (C=O) groups excluding carboxylic acids is 4. The highest BCUT2D eigenvalue weighted by Crippen LogP contribution is 2.76. The van der Waals surface area contributed by atoms with Crippen molar-refractivity contribution in [3.05, 3.63) is 28.6 Å². The number of carboxylic acids is 1. The summed E-state index contributed by atoms with van der Waals surface area (Å²) in [4.78, 5) is 71.0. The Morgan fingerprint density at radius 2 is 1.52 bits per heavy atom. The second-order valence-electron chi connectivity index (χ2n) is 25.5. The summed E-state index contributed by atoms with van der Waals surface area (Å²) in [6.07, 6.45) is 2.97. The van der Waals surface area contributed by atoms with Crippen LogP contribution in [0.1, 0.15) is 162 Å². The summed E-state index contributed by atoms with van der Waals surface area (Å²) in [5.74, 6) is -3.11. The zero-order valence-electron chi connectivity index (χ0n) is 43.2. The Kier molecular flexibility index (Phi) is 12.6. The number of hydrogen-bond donors (Lipinski definition) is 3. The number of nitrogens with zero attached hydrogens (tertiary/aromatic N) is 3. The zero-order valence-corrected chi connectivity index (χ0v) is 44.0. The standard InChI is InChI=1S/C53H76F3N5O9S/c1-30(2)40-35(62)29-52(58-45(67)51(15-10-16-51)57-42(63)34-28-38(53(54,55)56)59-61(34)22-21-60-23-25-71(68,69)26-24-60)20-19-49(8)31(41(40)52)11-12-37-48(7)17-14-39(47(5,6)36(48)13-18-50(37,49)9)70-44(66)33-27-32(43(64)65)46(33,3)4/h28,30-33,36-37,39H,10-27,29H2,1-9H3,(H,57,63)(H,58,67)(H,64,65)/t31-,32+,33-,36+,37-,39+,48+,49-,50-,52-/m1/s1. The Balaban J connectivity index is 0.943. The Morgan fingerprint density at radius 3 is 2.11 bits per heavy atom. The minimum Gasteiger partial charge on any atom is -0.481 e. The third kappa shape index (κ3) is 8.13. The van der Waals surface area contributed by atoms with Gasteiger partial charge in [-0.15, -0.1) is 0 Å². The highest BCUT2D eigenvalue weighted by atomic mass is 32.2. The third-order valence-corrected chi connectivity index (χ3v) is 22.8. The van der Waals surface area contributed by atoms with Crippen LogP contribution in [0, 0.1) is 62.6 Å². The molecule has 7 fully saturated rings. The number of ketones is 1. The smallest absolute Gasteiger partial charge is 0.435 e. The number of carboxylic acid groups (broad SMARTS) is 1. The molecule has 10 atom stereocenters. The van der Waals surface area contributed by atoms with Gasteiger partial charge in [-0.25, -0.2) is 8.42 Å².